The van der Waals surface area contributed by atoms with Crippen LogP contribution in [0.2, 0.25) is 0 Å². The van der Waals surface area contributed by atoms with E-state index in [1.165, 1.54) is 11.3 Å². The molecule has 0 aliphatic carbocycles. The number of thiophene rings is 1. The first-order chi connectivity index (χ1) is 7.75. The molecule has 1 saturated heterocycles. The first kappa shape index (κ1) is 11.6. The Hall–Kier alpha value is -0.910. The zero-order chi connectivity index (χ0) is 11.4. The fraction of sp³-hybridized carbons (Fsp3) is 0.545. The van der Waals surface area contributed by atoms with Gasteiger partial charge in [-0.1, -0.05) is 6.07 Å². The van der Waals surface area contributed by atoms with Gasteiger partial charge in [-0.25, -0.2) is 0 Å². The van der Waals surface area contributed by atoms with Gasteiger partial charge in [0.1, 0.15) is 0 Å². The number of rotatable bonds is 3. The maximum absolute atomic E-state index is 11.7. The van der Waals surface area contributed by atoms with Crippen LogP contribution in [0.3, 0.4) is 0 Å². The van der Waals surface area contributed by atoms with Gasteiger partial charge in [-0.2, -0.15) is 0 Å². The summed E-state index contributed by atoms with van der Waals surface area (Å²) >= 11 is 1.48. The van der Waals surface area contributed by atoms with E-state index in [1.54, 1.807) is 0 Å². The first-order valence-corrected chi connectivity index (χ1v) is 6.37. The number of nitrogens with zero attached hydrogens (tertiary/aromatic N) is 1. The maximum Gasteiger partial charge on any atom is 0.261 e. The molecule has 2 heterocycles. The largest absolute Gasteiger partial charge is 0.350 e. The lowest BCUT2D eigenvalue weighted by molar-refractivity contribution is 0.0948. The Morgan fingerprint density at radius 3 is 3.31 bits per heavy atom. The summed E-state index contributed by atoms with van der Waals surface area (Å²) in [5.41, 5.74) is 0. The minimum absolute atomic E-state index is 0.0324. The molecule has 0 radical (unpaired) electrons. The van der Waals surface area contributed by atoms with Crippen molar-refractivity contribution in [1.29, 1.82) is 0 Å². The molecule has 88 valence electrons. The topological polar surface area (TPSA) is 44.4 Å². The highest BCUT2D eigenvalue weighted by molar-refractivity contribution is 7.12. The molecule has 0 saturated carbocycles. The van der Waals surface area contributed by atoms with Crippen LogP contribution in [0.25, 0.3) is 0 Å². The van der Waals surface area contributed by atoms with Crippen molar-refractivity contribution in [1.82, 2.24) is 15.5 Å². The number of carbonyl (C=O) groups is 1. The number of hydrogen-bond acceptors (Lipinski definition) is 4. The average molecular weight is 239 g/mol. The van der Waals surface area contributed by atoms with E-state index in [4.69, 9.17) is 0 Å². The van der Waals surface area contributed by atoms with Gasteiger partial charge in [-0.15, -0.1) is 11.3 Å². The predicted molar refractivity (Wildman–Crippen MR) is 65.9 cm³/mol. The first-order valence-electron chi connectivity index (χ1n) is 5.49. The van der Waals surface area contributed by atoms with Crippen LogP contribution in [0.5, 0.6) is 0 Å². The predicted octanol–water partition coefficient (Wildman–Crippen LogP) is 0.381. The van der Waals surface area contributed by atoms with E-state index in [-0.39, 0.29) is 5.91 Å². The Bertz CT molecular complexity index is 339. The standard InChI is InChI=1S/C11H17N3OS/c1-14-5-4-12-9(8-14)7-13-11(15)10-3-2-6-16-10/h2-3,6,9,12H,4-5,7-8H2,1H3,(H,13,15). The normalized spacial score (nSPS) is 21.9. The molecule has 0 spiro atoms. The van der Waals surface area contributed by atoms with Gasteiger partial charge < -0.3 is 15.5 Å². The van der Waals surface area contributed by atoms with Crippen molar-refractivity contribution < 1.29 is 4.79 Å². The number of likely N-dealkylation sites (N-methyl/N-ethyl adjacent to an activating group) is 1. The van der Waals surface area contributed by atoms with E-state index in [2.05, 4.69) is 22.6 Å². The Morgan fingerprint density at radius 2 is 2.62 bits per heavy atom. The third-order valence-corrected chi connectivity index (χ3v) is 3.58. The number of amides is 1. The molecule has 1 aliphatic rings. The minimum Gasteiger partial charge on any atom is -0.350 e. The van der Waals surface area contributed by atoms with Crippen LogP contribution < -0.4 is 10.6 Å². The molecule has 1 aromatic rings. The van der Waals surface area contributed by atoms with E-state index in [1.807, 2.05) is 17.5 Å². The lowest BCUT2D eigenvalue weighted by atomic mass is 10.2. The summed E-state index contributed by atoms with van der Waals surface area (Å²) in [6.07, 6.45) is 0. The third-order valence-electron chi connectivity index (χ3n) is 2.71. The fourth-order valence-corrected chi connectivity index (χ4v) is 2.48. The number of hydrogen-bond donors (Lipinski definition) is 2. The van der Waals surface area contributed by atoms with Crippen LogP contribution in [0.4, 0.5) is 0 Å². The summed E-state index contributed by atoms with van der Waals surface area (Å²) in [7, 11) is 2.11. The summed E-state index contributed by atoms with van der Waals surface area (Å²) in [4.78, 5) is 14.7. The molecule has 2 rings (SSSR count). The SMILES string of the molecule is CN1CCNC(CNC(=O)c2cccs2)C1. The zero-order valence-electron chi connectivity index (χ0n) is 9.40. The molecule has 0 aromatic carbocycles. The van der Waals surface area contributed by atoms with Crippen LogP contribution in [-0.4, -0.2) is 50.1 Å². The highest BCUT2D eigenvalue weighted by atomic mass is 32.1. The molecule has 1 fully saturated rings. The number of carbonyl (C=O) groups excluding carboxylic acids is 1. The second-order valence-electron chi connectivity index (χ2n) is 4.10. The fourth-order valence-electron chi connectivity index (χ4n) is 1.84. The van der Waals surface area contributed by atoms with Gasteiger partial charge in [0.2, 0.25) is 0 Å². The van der Waals surface area contributed by atoms with Gasteiger partial charge in [0, 0.05) is 32.2 Å². The monoisotopic (exact) mass is 239 g/mol. The molecule has 16 heavy (non-hydrogen) atoms. The van der Waals surface area contributed by atoms with Crippen LogP contribution in [0.1, 0.15) is 9.67 Å². The molecule has 1 aromatic heterocycles. The summed E-state index contributed by atoms with van der Waals surface area (Å²) in [6, 6.07) is 4.11. The van der Waals surface area contributed by atoms with Gasteiger partial charge in [0.05, 0.1) is 4.88 Å². The Labute approximate surface area is 99.6 Å². The van der Waals surface area contributed by atoms with Gasteiger partial charge in [-0.05, 0) is 18.5 Å². The van der Waals surface area contributed by atoms with Crippen molar-refractivity contribution in [3.05, 3.63) is 22.4 Å². The van der Waals surface area contributed by atoms with Gasteiger partial charge in [-0.3, -0.25) is 4.79 Å². The van der Waals surface area contributed by atoms with Gasteiger partial charge in [0.25, 0.3) is 5.91 Å². The van der Waals surface area contributed by atoms with Crippen LogP contribution in [0.15, 0.2) is 17.5 Å². The maximum atomic E-state index is 11.7. The Balaban J connectivity index is 1.77. The summed E-state index contributed by atoms with van der Waals surface area (Å²) in [5, 5.41) is 8.27. The molecule has 1 atom stereocenters. The van der Waals surface area contributed by atoms with E-state index < -0.39 is 0 Å². The summed E-state index contributed by atoms with van der Waals surface area (Å²) in [6.45, 7) is 3.76. The molecular weight excluding hydrogens is 222 g/mol. The van der Waals surface area contributed by atoms with Crippen molar-refractivity contribution in [2.24, 2.45) is 0 Å². The highest BCUT2D eigenvalue weighted by Gasteiger charge is 2.17. The second-order valence-corrected chi connectivity index (χ2v) is 5.05. The van der Waals surface area contributed by atoms with Crippen LogP contribution >= 0.6 is 11.3 Å². The number of nitrogens with one attached hydrogen (secondary N) is 2. The minimum atomic E-state index is 0.0324. The van der Waals surface area contributed by atoms with Crippen molar-refractivity contribution in [3.63, 3.8) is 0 Å². The molecule has 1 amide bonds. The van der Waals surface area contributed by atoms with E-state index >= 15 is 0 Å². The van der Waals surface area contributed by atoms with Crippen molar-refractivity contribution in [2.75, 3.05) is 33.2 Å². The van der Waals surface area contributed by atoms with Gasteiger partial charge >= 0.3 is 0 Å². The highest BCUT2D eigenvalue weighted by Crippen LogP contribution is 2.07. The summed E-state index contributed by atoms with van der Waals surface area (Å²) < 4.78 is 0. The van der Waals surface area contributed by atoms with Gasteiger partial charge in [0.15, 0.2) is 0 Å². The molecular formula is C11H17N3OS. The van der Waals surface area contributed by atoms with Crippen molar-refractivity contribution in [2.45, 2.75) is 6.04 Å². The van der Waals surface area contributed by atoms with Crippen LogP contribution in [0, 0.1) is 0 Å². The summed E-state index contributed by atoms with van der Waals surface area (Å²) in [5.74, 6) is 0.0324. The van der Waals surface area contributed by atoms with Crippen molar-refractivity contribution in [3.8, 4) is 0 Å². The zero-order valence-corrected chi connectivity index (χ0v) is 10.2. The molecule has 0 bridgehead atoms. The number of piperazine rings is 1. The van der Waals surface area contributed by atoms with Crippen LogP contribution in [-0.2, 0) is 0 Å². The Kier molecular flexibility index (Phi) is 3.93. The average Bonchev–Trinajstić information content (AvgIpc) is 2.79. The quantitative estimate of drug-likeness (QED) is 0.801. The van der Waals surface area contributed by atoms with E-state index in [0.717, 1.165) is 24.5 Å². The molecule has 1 aliphatic heterocycles. The molecule has 4 nitrogen and oxygen atoms in total. The molecule has 2 N–H and O–H groups in total. The lowest BCUT2D eigenvalue weighted by Crippen LogP contribution is -2.53. The third kappa shape index (κ3) is 3.04. The Morgan fingerprint density at radius 1 is 1.75 bits per heavy atom. The van der Waals surface area contributed by atoms with E-state index in [9.17, 15) is 4.79 Å². The second kappa shape index (κ2) is 5.43. The molecule has 1 unspecified atom stereocenters. The van der Waals surface area contributed by atoms with E-state index in [0.29, 0.717) is 12.6 Å². The molecule has 5 heteroatoms. The lowest BCUT2D eigenvalue weighted by Gasteiger charge is -2.30. The van der Waals surface area contributed by atoms with Crippen molar-refractivity contribution >= 4 is 17.2 Å². The smallest absolute Gasteiger partial charge is 0.261 e.